The first-order chi connectivity index (χ1) is 14.0. The van der Waals surface area contributed by atoms with Crippen molar-refractivity contribution in [3.8, 4) is 0 Å². The molecule has 0 aromatic heterocycles. The lowest BCUT2D eigenvalue weighted by atomic mass is 9.76. The number of nitrogens with one attached hydrogen (secondary N) is 1. The van der Waals surface area contributed by atoms with Gasteiger partial charge in [0.2, 0.25) is 5.91 Å². The van der Waals surface area contributed by atoms with E-state index < -0.39 is 0 Å². The minimum atomic E-state index is -0.331. The third-order valence-electron chi connectivity index (χ3n) is 5.18. The van der Waals surface area contributed by atoms with Gasteiger partial charge in [-0.15, -0.1) is 0 Å². The molecule has 0 aliphatic carbocycles. The van der Waals surface area contributed by atoms with Crippen LogP contribution >= 0.6 is 11.6 Å². The van der Waals surface area contributed by atoms with E-state index >= 15 is 0 Å². The summed E-state index contributed by atoms with van der Waals surface area (Å²) in [6.45, 7) is 2.98. The van der Waals surface area contributed by atoms with Crippen molar-refractivity contribution in [3.63, 3.8) is 0 Å². The van der Waals surface area contributed by atoms with Crippen LogP contribution in [0.4, 0.5) is 5.69 Å². The Morgan fingerprint density at radius 2 is 1.62 bits per heavy atom. The lowest BCUT2D eigenvalue weighted by Gasteiger charge is -2.27. The van der Waals surface area contributed by atoms with Crippen LogP contribution in [0.1, 0.15) is 18.1 Å². The molecule has 3 aromatic carbocycles. The van der Waals surface area contributed by atoms with Crippen LogP contribution in [-0.2, 0) is 10.2 Å². The molecule has 0 saturated carbocycles. The summed E-state index contributed by atoms with van der Waals surface area (Å²) in [4.78, 5) is 12.6. The maximum absolute atomic E-state index is 12.6. The quantitative estimate of drug-likeness (QED) is 0.654. The van der Waals surface area contributed by atoms with Crippen molar-refractivity contribution >= 4 is 28.9 Å². The van der Waals surface area contributed by atoms with Gasteiger partial charge in [0.25, 0.3) is 0 Å². The van der Waals surface area contributed by atoms with Crippen LogP contribution in [-0.4, -0.2) is 29.7 Å². The maximum atomic E-state index is 12.6. The molecule has 146 valence electrons. The zero-order valence-corrected chi connectivity index (χ0v) is 16.9. The molecule has 4 rings (SSSR count). The number of hydrazone groups is 1. The predicted octanol–water partition coefficient (Wildman–Crippen LogP) is 4.96. The Bertz CT molecular complexity index is 1020. The smallest absolute Gasteiger partial charge is 0.245 e. The number of carbonyl (C=O) groups is 1. The summed E-state index contributed by atoms with van der Waals surface area (Å²) in [6.07, 6.45) is 0. The normalized spacial score (nSPS) is 18.4. The molecule has 0 saturated heterocycles. The molecule has 1 unspecified atom stereocenters. The van der Waals surface area contributed by atoms with E-state index in [0.29, 0.717) is 11.6 Å². The van der Waals surface area contributed by atoms with Gasteiger partial charge in [-0.25, -0.2) is 0 Å². The van der Waals surface area contributed by atoms with Crippen LogP contribution in [0.25, 0.3) is 0 Å². The second-order valence-corrected chi connectivity index (χ2v) is 7.83. The van der Waals surface area contributed by atoms with Gasteiger partial charge in [0, 0.05) is 10.7 Å². The Labute approximate surface area is 175 Å². The highest BCUT2D eigenvalue weighted by Gasteiger charge is 2.41. The van der Waals surface area contributed by atoms with E-state index in [-0.39, 0.29) is 17.9 Å². The van der Waals surface area contributed by atoms with Crippen LogP contribution in [0.3, 0.4) is 0 Å². The molecule has 1 heterocycles. The first kappa shape index (κ1) is 19.2. The molecule has 1 atom stereocenters. The number of halogens is 1. The van der Waals surface area contributed by atoms with Crippen LogP contribution in [0.2, 0.25) is 5.02 Å². The van der Waals surface area contributed by atoms with E-state index in [1.54, 1.807) is 0 Å². The Hall–Kier alpha value is -3.11. The Morgan fingerprint density at radius 3 is 2.28 bits per heavy atom. The summed E-state index contributed by atoms with van der Waals surface area (Å²) in [5, 5.41) is 10.3. The highest BCUT2D eigenvalue weighted by Crippen LogP contribution is 2.35. The molecular formula is C24H22ClN3O. The van der Waals surface area contributed by atoms with Crippen molar-refractivity contribution in [1.29, 1.82) is 0 Å². The van der Waals surface area contributed by atoms with Gasteiger partial charge in [-0.3, -0.25) is 9.80 Å². The molecule has 0 fully saturated rings. The molecule has 4 nitrogen and oxygen atoms in total. The monoisotopic (exact) mass is 403 g/mol. The largest absolute Gasteiger partial charge is 0.324 e. The molecule has 1 aliphatic heterocycles. The number of para-hydroxylation sites is 1. The SMILES string of the molecule is CC1(c2ccccc2)CN(CC(=O)Nc2ccccc2)N=C1c1ccc(Cl)cc1. The number of carbonyl (C=O) groups excluding carboxylic acids is 1. The molecule has 0 bridgehead atoms. The first-order valence-electron chi connectivity index (χ1n) is 9.55. The lowest BCUT2D eigenvalue weighted by Crippen LogP contribution is -2.38. The third kappa shape index (κ3) is 4.17. The van der Waals surface area contributed by atoms with E-state index in [1.807, 2.05) is 77.8 Å². The van der Waals surface area contributed by atoms with E-state index in [4.69, 9.17) is 16.7 Å². The van der Waals surface area contributed by atoms with Gasteiger partial charge in [0.15, 0.2) is 0 Å². The van der Waals surface area contributed by atoms with Gasteiger partial charge >= 0.3 is 0 Å². The highest BCUT2D eigenvalue weighted by molar-refractivity contribution is 6.30. The fraction of sp³-hybridized carbons (Fsp3) is 0.167. The number of benzene rings is 3. The van der Waals surface area contributed by atoms with Gasteiger partial charge in [0.05, 0.1) is 17.7 Å². The molecule has 1 aliphatic rings. The predicted molar refractivity (Wildman–Crippen MR) is 118 cm³/mol. The minimum Gasteiger partial charge on any atom is -0.324 e. The Morgan fingerprint density at radius 1 is 1.00 bits per heavy atom. The second kappa shape index (κ2) is 8.10. The van der Waals surface area contributed by atoms with E-state index in [9.17, 15) is 4.79 Å². The molecule has 1 amide bonds. The Kier molecular flexibility index (Phi) is 5.36. The van der Waals surface area contributed by atoms with Gasteiger partial charge < -0.3 is 5.32 Å². The van der Waals surface area contributed by atoms with Crippen LogP contribution < -0.4 is 5.32 Å². The number of hydrogen-bond donors (Lipinski definition) is 1. The number of amides is 1. The minimum absolute atomic E-state index is 0.0901. The summed E-state index contributed by atoms with van der Waals surface area (Å²) in [5.41, 5.74) is 3.56. The average Bonchev–Trinajstić information content (AvgIpc) is 3.07. The maximum Gasteiger partial charge on any atom is 0.245 e. The molecule has 0 spiro atoms. The third-order valence-corrected chi connectivity index (χ3v) is 5.43. The topological polar surface area (TPSA) is 44.7 Å². The molecule has 5 heteroatoms. The average molecular weight is 404 g/mol. The number of rotatable bonds is 5. The summed E-state index contributed by atoms with van der Waals surface area (Å²) in [5.74, 6) is -0.0901. The fourth-order valence-corrected chi connectivity index (χ4v) is 3.85. The van der Waals surface area contributed by atoms with Crippen molar-refractivity contribution in [2.24, 2.45) is 5.10 Å². The number of anilines is 1. The van der Waals surface area contributed by atoms with Crippen molar-refractivity contribution in [2.75, 3.05) is 18.4 Å². The summed E-state index contributed by atoms with van der Waals surface area (Å²) in [6, 6.07) is 27.5. The van der Waals surface area contributed by atoms with E-state index in [1.165, 1.54) is 5.56 Å². The molecule has 0 radical (unpaired) electrons. The van der Waals surface area contributed by atoms with Gasteiger partial charge in [-0.2, -0.15) is 5.10 Å². The molecular weight excluding hydrogens is 382 g/mol. The van der Waals surface area contributed by atoms with Gasteiger partial charge in [-0.05, 0) is 42.3 Å². The fourth-order valence-electron chi connectivity index (χ4n) is 3.72. The summed E-state index contributed by atoms with van der Waals surface area (Å²) >= 11 is 6.08. The highest BCUT2D eigenvalue weighted by atomic mass is 35.5. The first-order valence-corrected chi connectivity index (χ1v) is 9.93. The summed E-state index contributed by atoms with van der Waals surface area (Å²) in [7, 11) is 0. The van der Waals surface area contributed by atoms with Gasteiger partial charge in [0.1, 0.15) is 6.54 Å². The van der Waals surface area contributed by atoms with Crippen LogP contribution in [0.15, 0.2) is 90.0 Å². The number of nitrogens with zero attached hydrogens (tertiary/aromatic N) is 2. The standard InChI is InChI=1S/C24H22ClN3O/c1-24(19-8-4-2-5-9-19)17-28(16-22(29)26-21-10-6-3-7-11-21)27-23(24)18-12-14-20(25)15-13-18/h2-15H,16-17H2,1H3,(H,26,29). The lowest BCUT2D eigenvalue weighted by molar-refractivity contribution is -0.117. The number of hydrogen-bond acceptors (Lipinski definition) is 3. The molecule has 29 heavy (non-hydrogen) atoms. The van der Waals surface area contributed by atoms with Crippen molar-refractivity contribution in [3.05, 3.63) is 101 Å². The van der Waals surface area contributed by atoms with Crippen LogP contribution in [0.5, 0.6) is 0 Å². The summed E-state index contributed by atoms with van der Waals surface area (Å²) < 4.78 is 0. The van der Waals surface area contributed by atoms with E-state index in [0.717, 1.165) is 17.0 Å². The van der Waals surface area contributed by atoms with Crippen LogP contribution in [0, 0.1) is 0 Å². The van der Waals surface area contributed by atoms with Gasteiger partial charge in [-0.1, -0.05) is 72.3 Å². The second-order valence-electron chi connectivity index (χ2n) is 7.39. The van der Waals surface area contributed by atoms with Crippen molar-refractivity contribution in [2.45, 2.75) is 12.3 Å². The van der Waals surface area contributed by atoms with E-state index in [2.05, 4.69) is 24.4 Å². The molecule has 1 N–H and O–H groups in total. The zero-order valence-electron chi connectivity index (χ0n) is 16.2. The van der Waals surface area contributed by atoms with Crippen molar-refractivity contribution < 1.29 is 4.79 Å². The molecule has 3 aromatic rings. The van der Waals surface area contributed by atoms with Crippen molar-refractivity contribution in [1.82, 2.24) is 5.01 Å². The zero-order chi connectivity index (χ0) is 20.3. The Balaban J connectivity index is 1.61.